The number of rotatable bonds is 9. The smallest absolute Gasteiger partial charge is 0.249 e. The zero-order chi connectivity index (χ0) is 21.2. The number of hydrogen-bond donors (Lipinski definition) is 2. The molecule has 154 valence electrons. The molecule has 0 spiro atoms. The third kappa shape index (κ3) is 7.29. The molecular formula is C20H21Cl2N3O4. The van der Waals surface area contributed by atoms with Gasteiger partial charge in [-0.3, -0.25) is 9.59 Å². The number of hydrazone groups is 1. The third-order valence-corrected chi connectivity index (χ3v) is 4.42. The minimum absolute atomic E-state index is 0.336. The van der Waals surface area contributed by atoms with Crippen LogP contribution < -0.4 is 20.2 Å². The number of benzene rings is 2. The van der Waals surface area contributed by atoms with Gasteiger partial charge < -0.3 is 14.8 Å². The molecule has 0 unspecified atom stereocenters. The van der Waals surface area contributed by atoms with Gasteiger partial charge in [0, 0.05) is 17.1 Å². The van der Waals surface area contributed by atoms with Crippen LogP contribution in [-0.4, -0.2) is 38.8 Å². The summed E-state index contributed by atoms with van der Waals surface area (Å²) in [6, 6.07) is 10.4. The van der Waals surface area contributed by atoms with E-state index >= 15 is 0 Å². The number of nitrogens with one attached hydrogen (secondary N) is 2. The van der Waals surface area contributed by atoms with Crippen molar-refractivity contribution in [2.24, 2.45) is 5.10 Å². The maximum absolute atomic E-state index is 11.9. The molecule has 0 atom stereocenters. The van der Waals surface area contributed by atoms with Crippen molar-refractivity contribution in [2.45, 2.75) is 12.8 Å². The summed E-state index contributed by atoms with van der Waals surface area (Å²) >= 11 is 11.8. The minimum atomic E-state index is -0.532. The first-order valence-corrected chi connectivity index (χ1v) is 9.43. The van der Waals surface area contributed by atoms with Crippen molar-refractivity contribution < 1.29 is 19.1 Å². The van der Waals surface area contributed by atoms with Crippen LogP contribution in [0, 0.1) is 0 Å². The van der Waals surface area contributed by atoms with Crippen LogP contribution in [0.3, 0.4) is 0 Å². The summed E-state index contributed by atoms with van der Waals surface area (Å²) in [5.74, 6) is 0.324. The Morgan fingerprint density at radius 3 is 2.48 bits per heavy atom. The SMILES string of the molecule is COc1ccc(CCNC(=O)CC(=O)NN=Cc2ccc(Cl)cc2Cl)cc1OC. The van der Waals surface area contributed by atoms with E-state index in [0.29, 0.717) is 40.1 Å². The van der Waals surface area contributed by atoms with Crippen LogP contribution in [0.1, 0.15) is 17.5 Å². The predicted octanol–water partition coefficient (Wildman–Crippen LogP) is 3.21. The van der Waals surface area contributed by atoms with E-state index in [9.17, 15) is 9.59 Å². The number of ether oxygens (including phenoxy) is 2. The molecule has 2 aromatic carbocycles. The van der Waals surface area contributed by atoms with Crippen LogP contribution in [-0.2, 0) is 16.0 Å². The lowest BCUT2D eigenvalue weighted by atomic mass is 10.1. The molecule has 2 N–H and O–H groups in total. The Morgan fingerprint density at radius 2 is 1.79 bits per heavy atom. The van der Waals surface area contributed by atoms with Crippen LogP contribution >= 0.6 is 23.2 Å². The van der Waals surface area contributed by atoms with Gasteiger partial charge in [0.05, 0.1) is 25.5 Å². The van der Waals surface area contributed by atoms with Gasteiger partial charge in [0.25, 0.3) is 0 Å². The number of halogens is 2. The molecular weight excluding hydrogens is 417 g/mol. The normalized spacial score (nSPS) is 10.6. The summed E-state index contributed by atoms with van der Waals surface area (Å²) in [7, 11) is 3.13. The van der Waals surface area contributed by atoms with Crippen molar-refractivity contribution in [2.75, 3.05) is 20.8 Å². The Kier molecular flexibility index (Phi) is 8.76. The van der Waals surface area contributed by atoms with Gasteiger partial charge >= 0.3 is 0 Å². The van der Waals surface area contributed by atoms with E-state index in [1.807, 2.05) is 12.1 Å². The molecule has 0 bridgehead atoms. The molecule has 0 fully saturated rings. The van der Waals surface area contributed by atoms with E-state index in [1.165, 1.54) is 6.21 Å². The zero-order valence-electron chi connectivity index (χ0n) is 16.0. The molecule has 0 saturated heterocycles. The lowest BCUT2D eigenvalue weighted by Crippen LogP contribution is -2.31. The summed E-state index contributed by atoms with van der Waals surface area (Å²) in [5, 5.41) is 7.39. The molecule has 2 aromatic rings. The Labute approximate surface area is 179 Å². The van der Waals surface area contributed by atoms with Crippen molar-refractivity contribution in [3.63, 3.8) is 0 Å². The average Bonchev–Trinajstić information content (AvgIpc) is 2.69. The Morgan fingerprint density at radius 1 is 1.03 bits per heavy atom. The van der Waals surface area contributed by atoms with Gasteiger partial charge in [0.1, 0.15) is 6.42 Å². The first kappa shape index (κ1) is 22.5. The predicted molar refractivity (Wildman–Crippen MR) is 113 cm³/mol. The van der Waals surface area contributed by atoms with Crippen LogP contribution in [0.5, 0.6) is 11.5 Å². The molecule has 29 heavy (non-hydrogen) atoms. The molecule has 0 aliphatic heterocycles. The van der Waals surface area contributed by atoms with Gasteiger partial charge in [-0.05, 0) is 36.2 Å². The van der Waals surface area contributed by atoms with E-state index in [2.05, 4.69) is 15.8 Å². The van der Waals surface area contributed by atoms with E-state index in [1.54, 1.807) is 38.5 Å². The summed E-state index contributed by atoms with van der Waals surface area (Å²) in [6.45, 7) is 0.380. The Balaban J connectivity index is 1.74. The standard InChI is InChI=1S/C20H21Cl2N3O4/c1-28-17-6-3-13(9-18(17)29-2)7-8-23-19(26)11-20(27)25-24-12-14-4-5-15(21)10-16(14)22/h3-6,9-10,12H,7-8,11H2,1-2H3,(H,23,26)(H,25,27). The molecule has 0 heterocycles. The second kappa shape index (κ2) is 11.3. The van der Waals surface area contributed by atoms with Crippen molar-refractivity contribution in [1.29, 1.82) is 0 Å². The molecule has 0 aliphatic rings. The summed E-state index contributed by atoms with van der Waals surface area (Å²) < 4.78 is 10.4. The number of methoxy groups -OCH3 is 2. The summed E-state index contributed by atoms with van der Waals surface area (Å²) in [6.07, 6.45) is 1.63. The maximum atomic E-state index is 11.9. The van der Waals surface area contributed by atoms with Crippen molar-refractivity contribution in [3.8, 4) is 11.5 Å². The highest BCUT2D eigenvalue weighted by Crippen LogP contribution is 2.27. The largest absolute Gasteiger partial charge is 0.493 e. The number of amides is 2. The average molecular weight is 438 g/mol. The number of nitrogens with zero attached hydrogens (tertiary/aromatic N) is 1. The third-order valence-electron chi connectivity index (χ3n) is 3.86. The monoisotopic (exact) mass is 437 g/mol. The van der Waals surface area contributed by atoms with Crippen molar-refractivity contribution >= 4 is 41.2 Å². The molecule has 2 amide bonds. The molecule has 7 nitrogen and oxygen atoms in total. The van der Waals surface area contributed by atoms with Gasteiger partial charge in [-0.15, -0.1) is 0 Å². The van der Waals surface area contributed by atoms with Gasteiger partial charge in [-0.2, -0.15) is 5.10 Å². The second-order valence-electron chi connectivity index (χ2n) is 5.93. The van der Waals surface area contributed by atoms with Crippen LogP contribution in [0.15, 0.2) is 41.5 Å². The summed E-state index contributed by atoms with van der Waals surface area (Å²) in [4.78, 5) is 23.7. The molecule has 2 rings (SSSR count). The number of carbonyl (C=O) groups excluding carboxylic acids is 2. The fourth-order valence-corrected chi connectivity index (χ4v) is 2.87. The lowest BCUT2D eigenvalue weighted by Gasteiger charge is -2.10. The molecule has 0 aliphatic carbocycles. The highest BCUT2D eigenvalue weighted by molar-refractivity contribution is 6.36. The van der Waals surface area contributed by atoms with E-state index in [-0.39, 0.29) is 6.42 Å². The van der Waals surface area contributed by atoms with Gasteiger partial charge in [0.2, 0.25) is 11.8 Å². The quantitative estimate of drug-likeness (QED) is 0.358. The fourth-order valence-electron chi connectivity index (χ4n) is 2.41. The topological polar surface area (TPSA) is 89.0 Å². The van der Waals surface area contributed by atoms with Gasteiger partial charge in [-0.1, -0.05) is 35.3 Å². The van der Waals surface area contributed by atoms with Crippen LogP contribution in [0.4, 0.5) is 0 Å². The zero-order valence-corrected chi connectivity index (χ0v) is 17.5. The first-order chi connectivity index (χ1) is 13.9. The number of carbonyl (C=O) groups is 2. The summed E-state index contributed by atoms with van der Waals surface area (Å²) in [5.41, 5.74) is 3.85. The maximum Gasteiger partial charge on any atom is 0.249 e. The number of hydrogen-bond acceptors (Lipinski definition) is 5. The highest BCUT2D eigenvalue weighted by Gasteiger charge is 2.09. The van der Waals surface area contributed by atoms with Crippen molar-refractivity contribution in [3.05, 3.63) is 57.6 Å². The fraction of sp³-hybridized carbons (Fsp3) is 0.250. The van der Waals surface area contributed by atoms with Crippen LogP contribution in [0.25, 0.3) is 0 Å². The van der Waals surface area contributed by atoms with E-state index < -0.39 is 11.8 Å². The van der Waals surface area contributed by atoms with Gasteiger partial charge in [0.15, 0.2) is 11.5 Å². The van der Waals surface area contributed by atoms with E-state index in [0.717, 1.165) is 5.56 Å². The van der Waals surface area contributed by atoms with Crippen molar-refractivity contribution in [1.82, 2.24) is 10.7 Å². The van der Waals surface area contributed by atoms with Gasteiger partial charge in [-0.25, -0.2) is 5.43 Å². The Bertz CT molecular complexity index is 903. The second-order valence-corrected chi connectivity index (χ2v) is 6.77. The minimum Gasteiger partial charge on any atom is -0.493 e. The Hall–Kier alpha value is -2.77. The van der Waals surface area contributed by atoms with E-state index in [4.69, 9.17) is 32.7 Å². The highest BCUT2D eigenvalue weighted by atomic mass is 35.5. The lowest BCUT2D eigenvalue weighted by molar-refractivity contribution is -0.129. The molecule has 0 aromatic heterocycles. The molecule has 0 radical (unpaired) electrons. The molecule has 0 saturated carbocycles. The molecule has 9 heteroatoms. The first-order valence-electron chi connectivity index (χ1n) is 8.67. The van der Waals surface area contributed by atoms with Crippen LogP contribution in [0.2, 0.25) is 10.0 Å².